The lowest BCUT2D eigenvalue weighted by Gasteiger charge is -2.16. The highest BCUT2D eigenvalue weighted by molar-refractivity contribution is 7.89. The molecule has 2 aromatic rings. The highest BCUT2D eigenvalue weighted by Crippen LogP contribution is 2.19. The smallest absolute Gasteiger partial charge is 0.242 e. The van der Waals surface area contributed by atoms with Crippen LogP contribution in [0.5, 0.6) is 0 Å². The van der Waals surface area contributed by atoms with Gasteiger partial charge in [0.05, 0.1) is 4.90 Å². The Morgan fingerprint density at radius 2 is 1.78 bits per heavy atom. The van der Waals surface area contributed by atoms with Crippen LogP contribution < -0.4 is 5.32 Å². The Balaban J connectivity index is 2.04. The molecule has 0 heterocycles. The van der Waals surface area contributed by atoms with E-state index in [1.165, 1.54) is 18.4 Å². The van der Waals surface area contributed by atoms with Crippen molar-refractivity contribution in [3.8, 4) is 0 Å². The lowest BCUT2D eigenvalue weighted by molar-refractivity contribution is 0.520. The average molecular weight is 353 g/mol. The van der Waals surface area contributed by atoms with E-state index in [1.807, 2.05) is 43.3 Å². The van der Waals surface area contributed by atoms with Crippen LogP contribution in [-0.2, 0) is 16.6 Å². The maximum Gasteiger partial charge on any atom is 0.242 e. The first kappa shape index (κ1) is 17.9. The molecular formula is C17H21ClN2O2S. The lowest BCUT2D eigenvalue weighted by Crippen LogP contribution is -2.22. The summed E-state index contributed by atoms with van der Waals surface area (Å²) >= 11 is 5.97. The number of sulfonamides is 1. The van der Waals surface area contributed by atoms with E-state index in [0.717, 1.165) is 16.1 Å². The maximum absolute atomic E-state index is 12.1. The van der Waals surface area contributed by atoms with E-state index in [2.05, 4.69) is 5.32 Å². The van der Waals surface area contributed by atoms with E-state index < -0.39 is 10.0 Å². The fourth-order valence-corrected chi connectivity index (χ4v) is 3.29. The zero-order chi connectivity index (χ0) is 17.0. The minimum absolute atomic E-state index is 0.102. The van der Waals surface area contributed by atoms with Gasteiger partial charge in [-0.05, 0) is 42.3 Å². The molecule has 1 N–H and O–H groups in total. The molecule has 0 bridgehead atoms. The molecule has 0 radical (unpaired) electrons. The third-order valence-corrected chi connectivity index (χ3v) is 5.72. The van der Waals surface area contributed by atoms with Crippen LogP contribution in [0, 0.1) is 0 Å². The van der Waals surface area contributed by atoms with Gasteiger partial charge in [-0.25, -0.2) is 12.7 Å². The van der Waals surface area contributed by atoms with Gasteiger partial charge in [-0.15, -0.1) is 0 Å². The number of nitrogens with zero attached hydrogens (tertiary/aromatic N) is 1. The third-order valence-electron chi connectivity index (χ3n) is 3.66. The van der Waals surface area contributed by atoms with Gasteiger partial charge in [-0.2, -0.15) is 0 Å². The minimum atomic E-state index is -3.38. The van der Waals surface area contributed by atoms with Crippen LogP contribution in [-0.4, -0.2) is 26.8 Å². The molecule has 0 fully saturated rings. The molecule has 23 heavy (non-hydrogen) atoms. The maximum atomic E-state index is 12.1. The van der Waals surface area contributed by atoms with Crippen molar-refractivity contribution in [3.63, 3.8) is 0 Å². The first-order valence-corrected chi connectivity index (χ1v) is 9.13. The summed E-state index contributed by atoms with van der Waals surface area (Å²) in [6.07, 6.45) is 0. The summed E-state index contributed by atoms with van der Waals surface area (Å²) in [7, 11) is -0.329. The van der Waals surface area contributed by atoms with Crippen LogP contribution in [0.1, 0.15) is 24.1 Å². The molecule has 2 rings (SSSR count). The normalized spacial score (nSPS) is 13.3. The Labute approximate surface area is 143 Å². The Hall–Kier alpha value is -1.40. The predicted molar refractivity (Wildman–Crippen MR) is 94.0 cm³/mol. The number of nitrogens with one attached hydrogen (secondary N) is 1. The molecule has 4 nitrogen and oxygen atoms in total. The summed E-state index contributed by atoms with van der Waals surface area (Å²) < 4.78 is 25.3. The molecule has 0 aromatic heterocycles. The van der Waals surface area contributed by atoms with Gasteiger partial charge < -0.3 is 5.32 Å². The van der Waals surface area contributed by atoms with Crippen molar-refractivity contribution >= 4 is 21.6 Å². The summed E-state index contributed by atoms with van der Waals surface area (Å²) in [6.45, 7) is 2.74. The molecule has 0 saturated heterocycles. The second kappa shape index (κ2) is 7.45. The van der Waals surface area contributed by atoms with Crippen molar-refractivity contribution < 1.29 is 8.42 Å². The van der Waals surface area contributed by atoms with Gasteiger partial charge in [0, 0.05) is 31.7 Å². The summed E-state index contributed by atoms with van der Waals surface area (Å²) in [6, 6.07) is 14.8. The first-order valence-electron chi connectivity index (χ1n) is 7.31. The predicted octanol–water partition coefficient (Wildman–Crippen LogP) is 3.44. The van der Waals surface area contributed by atoms with Gasteiger partial charge in [0.1, 0.15) is 0 Å². The summed E-state index contributed by atoms with van der Waals surface area (Å²) in [5.41, 5.74) is 2.14. The second-order valence-electron chi connectivity index (χ2n) is 5.59. The van der Waals surface area contributed by atoms with Gasteiger partial charge in [-0.3, -0.25) is 0 Å². The number of halogens is 1. The SMILES string of the molecule is CC(NCc1cccc(Cl)c1)c1ccc(S(=O)(=O)N(C)C)cc1. The Morgan fingerprint density at radius 1 is 1.13 bits per heavy atom. The van der Waals surface area contributed by atoms with Crippen LogP contribution in [0.2, 0.25) is 5.02 Å². The van der Waals surface area contributed by atoms with Gasteiger partial charge >= 0.3 is 0 Å². The Morgan fingerprint density at radius 3 is 2.35 bits per heavy atom. The number of rotatable bonds is 6. The van der Waals surface area contributed by atoms with Crippen molar-refractivity contribution in [2.75, 3.05) is 14.1 Å². The summed E-state index contributed by atoms with van der Waals surface area (Å²) in [5.74, 6) is 0. The number of benzene rings is 2. The number of hydrogen-bond acceptors (Lipinski definition) is 3. The van der Waals surface area contributed by atoms with Crippen LogP contribution >= 0.6 is 11.6 Å². The summed E-state index contributed by atoms with van der Waals surface area (Å²) in [4.78, 5) is 0.299. The third kappa shape index (κ3) is 4.54. The molecular weight excluding hydrogens is 332 g/mol. The monoisotopic (exact) mass is 352 g/mol. The lowest BCUT2D eigenvalue weighted by atomic mass is 10.1. The van der Waals surface area contributed by atoms with Crippen molar-refractivity contribution in [1.29, 1.82) is 0 Å². The second-order valence-corrected chi connectivity index (χ2v) is 8.18. The molecule has 0 saturated carbocycles. The van der Waals surface area contributed by atoms with E-state index >= 15 is 0 Å². The highest BCUT2D eigenvalue weighted by Gasteiger charge is 2.17. The fraction of sp³-hybridized carbons (Fsp3) is 0.294. The van der Waals surface area contributed by atoms with E-state index in [1.54, 1.807) is 12.1 Å². The van der Waals surface area contributed by atoms with Gasteiger partial charge in [0.2, 0.25) is 10.0 Å². The zero-order valence-electron chi connectivity index (χ0n) is 13.5. The van der Waals surface area contributed by atoms with E-state index in [0.29, 0.717) is 11.4 Å². The van der Waals surface area contributed by atoms with Crippen LogP contribution in [0.4, 0.5) is 0 Å². The molecule has 2 aromatic carbocycles. The van der Waals surface area contributed by atoms with Gasteiger partial charge in [0.15, 0.2) is 0 Å². The Bertz CT molecular complexity index is 758. The van der Waals surface area contributed by atoms with E-state index in [9.17, 15) is 8.42 Å². The standard InChI is InChI=1S/C17H21ClN2O2S/c1-13(19-12-14-5-4-6-16(18)11-14)15-7-9-17(10-8-15)23(21,22)20(2)3/h4-11,13,19H,12H2,1-3H3. The molecule has 6 heteroatoms. The minimum Gasteiger partial charge on any atom is -0.306 e. The molecule has 0 amide bonds. The largest absolute Gasteiger partial charge is 0.306 e. The van der Waals surface area contributed by atoms with Crippen molar-refractivity contribution in [2.45, 2.75) is 24.4 Å². The first-order chi connectivity index (χ1) is 10.8. The molecule has 0 aliphatic rings. The Kier molecular flexibility index (Phi) is 5.81. The zero-order valence-corrected chi connectivity index (χ0v) is 15.0. The highest BCUT2D eigenvalue weighted by atomic mass is 35.5. The van der Waals surface area contributed by atoms with Gasteiger partial charge in [0.25, 0.3) is 0 Å². The van der Waals surface area contributed by atoms with E-state index in [4.69, 9.17) is 11.6 Å². The molecule has 1 unspecified atom stereocenters. The van der Waals surface area contributed by atoms with Crippen molar-refractivity contribution in [3.05, 3.63) is 64.7 Å². The molecule has 0 aliphatic carbocycles. The average Bonchev–Trinajstić information content (AvgIpc) is 2.52. The molecule has 1 atom stereocenters. The molecule has 0 spiro atoms. The quantitative estimate of drug-likeness (QED) is 0.866. The summed E-state index contributed by atoms with van der Waals surface area (Å²) in [5, 5.41) is 4.12. The topological polar surface area (TPSA) is 49.4 Å². The van der Waals surface area contributed by atoms with Crippen molar-refractivity contribution in [2.24, 2.45) is 0 Å². The molecule has 0 aliphatic heterocycles. The van der Waals surface area contributed by atoms with Crippen molar-refractivity contribution in [1.82, 2.24) is 9.62 Å². The van der Waals surface area contributed by atoms with E-state index in [-0.39, 0.29) is 6.04 Å². The van der Waals surface area contributed by atoms with Crippen LogP contribution in [0.3, 0.4) is 0 Å². The van der Waals surface area contributed by atoms with Crippen LogP contribution in [0.25, 0.3) is 0 Å². The molecule has 124 valence electrons. The van der Waals surface area contributed by atoms with Crippen LogP contribution in [0.15, 0.2) is 53.4 Å². The fourth-order valence-electron chi connectivity index (χ4n) is 2.18. The van der Waals surface area contributed by atoms with Gasteiger partial charge in [-0.1, -0.05) is 35.9 Å². The number of hydrogen-bond donors (Lipinski definition) is 1.